The average Bonchev–Trinajstić information content (AvgIpc) is 2.88. The van der Waals surface area contributed by atoms with Crippen molar-refractivity contribution in [2.24, 2.45) is 0 Å². The van der Waals surface area contributed by atoms with Gasteiger partial charge in [0.2, 0.25) is 5.91 Å². The number of carbonyl (C=O) groups is 2. The van der Waals surface area contributed by atoms with Gasteiger partial charge in [-0.25, -0.2) is 0 Å². The van der Waals surface area contributed by atoms with Crippen molar-refractivity contribution in [2.45, 2.75) is 37.7 Å². The van der Waals surface area contributed by atoms with E-state index in [2.05, 4.69) is 13.8 Å². The van der Waals surface area contributed by atoms with Crippen molar-refractivity contribution in [3.05, 3.63) is 29.3 Å². The highest BCUT2D eigenvalue weighted by Crippen LogP contribution is 2.30. The molecule has 2 amide bonds. The number of rotatable bonds is 1. The number of anilines is 1. The van der Waals surface area contributed by atoms with Crippen molar-refractivity contribution in [3.63, 3.8) is 0 Å². The van der Waals surface area contributed by atoms with Crippen LogP contribution in [0.15, 0.2) is 18.2 Å². The monoisotopic (exact) mass is 318 g/mol. The van der Waals surface area contributed by atoms with Crippen LogP contribution in [-0.2, 0) is 11.2 Å². The van der Waals surface area contributed by atoms with Crippen molar-refractivity contribution in [1.82, 2.24) is 4.90 Å². The van der Waals surface area contributed by atoms with Gasteiger partial charge in [-0.1, -0.05) is 13.8 Å². The summed E-state index contributed by atoms with van der Waals surface area (Å²) in [6.07, 6.45) is 0.832. The van der Waals surface area contributed by atoms with E-state index in [0.29, 0.717) is 10.5 Å². The summed E-state index contributed by atoms with van der Waals surface area (Å²) in [6.45, 7) is 8.27. The van der Waals surface area contributed by atoms with Crippen LogP contribution in [0.3, 0.4) is 0 Å². The molecule has 2 heterocycles. The molecule has 4 nitrogen and oxygen atoms in total. The van der Waals surface area contributed by atoms with Gasteiger partial charge >= 0.3 is 0 Å². The van der Waals surface area contributed by atoms with Gasteiger partial charge in [0.05, 0.1) is 0 Å². The summed E-state index contributed by atoms with van der Waals surface area (Å²) in [5.74, 6) is 0.177. The van der Waals surface area contributed by atoms with Gasteiger partial charge in [-0.3, -0.25) is 9.59 Å². The van der Waals surface area contributed by atoms with Gasteiger partial charge < -0.3 is 9.80 Å². The van der Waals surface area contributed by atoms with E-state index >= 15 is 0 Å². The van der Waals surface area contributed by atoms with E-state index in [1.807, 2.05) is 34.9 Å². The third kappa shape index (κ3) is 2.86. The summed E-state index contributed by atoms with van der Waals surface area (Å²) >= 11 is 1.94. The summed E-state index contributed by atoms with van der Waals surface area (Å²) < 4.78 is 0. The summed E-state index contributed by atoms with van der Waals surface area (Å²) in [5, 5.41) is 0.964. The highest BCUT2D eigenvalue weighted by molar-refractivity contribution is 8.00. The van der Waals surface area contributed by atoms with E-state index in [0.717, 1.165) is 42.9 Å². The van der Waals surface area contributed by atoms with Gasteiger partial charge in [0.15, 0.2) is 0 Å². The van der Waals surface area contributed by atoms with Crippen molar-refractivity contribution < 1.29 is 9.59 Å². The molecule has 0 aliphatic carbocycles. The third-order valence-electron chi connectivity index (χ3n) is 4.31. The van der Waals surface area contributed by atoms with Gasteiger partial charge in [0.1, 0.15) is 0 Å². The first kappa shape index (κ1) is 15.4. The number of hydrogen-bond donors (Lipinski definition) is 0. The molecule has 118 valence electrons. The number of amides is 2. The lowest BCUT2D eigenvalue weighted by Crippen LogP contribution is -2.44. The topological polar surface area (TPSA) is 40.6 Å². The maximum absolute atomic E-state index is 12.7. The number of nitrogens with zero attached hydrogens (tertiary/aromatic N) is 2. The smallest absolute Gasteiger partial charge is 0.253 e. The number of fused-ring (bicyclic) bond motifs is 1. The lowest BCUT2D eigenvalue weighted by Gasteiger charge is -2.34. The van der Waals surface area contributed by atoms with Crippen LogP contribution in [0.4, 0.5) is 5.69 Å². The van der Waals surface area contributed by atoms with Crippen LogP contribution >= 0.6 is 11.8 Å². The molecule has 0 unspecified atom stereocenters. The number of thioether (sulfide) groups is 1. The molecule has 1 aromatic carbocycles. The lowest BCUT2D eigenvalue weighted by molar-refractivity contribution is -0.116. The van der Waals surface area contributed by atoms with Crippen LogP contribution in [-0.4, -0.2) is 46.8 Å². The minimum absolute atomic E-state index is 0.0635. The van der Waals surface area contributed by atoms with Crippen molar-refractivity contribution in [3.8, 4) is 0 Å². The quantitative estimate of drug-likeness (QED) is 0.799. The number of benzene rings is 1. The first-order chi connectivity index (χ1) is 10.5. The van der Waals surface area contributed by atoms with Gasteiger partial charge in [0, 0.05) is 48.3 Å². The molecule has 1 saturated heterocycles. The molecule has 22 heavy (non-hydrogen) atoms. The molecule has 3 rings (SSSR count). The fraction of sp³-hybridized carbons (Fsp3) is 0.529. The second-order valence-corrected chi connectivity index (χ2v) is 8.11. The van der Waals surface area contributed by atoms with Gasteiger partial charge in [0.25, 0.3) is 5.91 Å². The van der Waals surface area contributed by atoms with Crippen LogP contribution in [0, 0.1) is 0 Å². The third-order valence-corrected chi connectivity index (χ3v) is 5.54. The van der Waals surface area contributed by atoms with Gasteiger partial charge in [-0.15, -0.1) is 0 Å². The van der Waals surface area contributed by atoms with Crippen molar-refractivity contribution in [1.29, 1.82) is 0 Å². The molecular formula is C17H22N2O2S. The fourth-order valence-electron chi connectivity index (χ4n) is 3.39. The molecule has 0 spiro atoms. The summed E-state index contributed by atoms with van der Waals surface area (Å²) in [4.78, 5) is 28.1. The average molecular weight is 318 g/mol. The largest absolute Gasteiger partial charge is 0.336 e. The van der Waals surface area contributed by atoms with E-state index in [1.54, 1.807) is 11.8 Å². The zero-order valence-corrected chi connectivity index (χ0v) is 14.2. The lowest BCUT2D eigenvalue weighted by atomic mass is 10.1. The standard InChI is InChI=1S/C17H22N2O2S/c1-11-9-18(10-12(2)22-11)17(21)15-4-5-16-14(8-15)6-7-19(16)13(3)20/h4-5,8,11-12H,6-7,9-10H2,1-3H3/t11-,12+. The minimum atomic E-state index is 0.0635. The molecule has 0 saturated carbocycles. The van der Waals surface area contributed by atoms with Gasteiger partial charge in [-0.2, -0.15) is 11.8 Å². The Bertz CT molecular complexity index is 607. The van der Waals surface area contributed by atoms with Crippen molar-refractivity contribution >= 4 is 29.3 Å². The Morgan fingerprint density at radius 2 is 1.86 bits per heavy atom. The predicted octanol–water partition coefficient (Wildman–Crippen LogP) is 2.56. The Labute approximate surface area is 135 Å². The van der Waals surface area contributed by atoms with Crippen LogP contribution in [0.25, 0.3) is 0 Å². The maximum atomic E-state index is 12.7. The molecule has 1 aromatic rings. The highest BCUT2D eigenvalue weighted by Gasteiger charge is 2.28. The minimum Gasteiger partial charge on any atom is -0.336 e. The zero-order valence-electron chi connectivity index (χ0n) is 13.3. The van der Waals surface area contributed by atoms with Gasteiger partial charge in [-0.05, 0) is 30.2 Å². The van der Waals surface area contributed by atoms with E-state index < -0.39 is 0 Å². The fourth-order valence-corrected chi connectivity index (χ4v) is 4.71. The Morgan fingerprint density at radius 1 is 1.18 bits per heavy atom. The van der Waals surface area contributed by atoms with Crippen LogP contribution in [0.5, 0.6) is 0 Å². The van der Waals surface area contributed by atoms with E-state index in [1.165, 1.54) is 0 Å². The van der Waals surface area contributed by atoms with E-state index in [-0.39, 0.29) is 11.8 Å². The Morgan fingerprint density at radius 3 is 2.50 bits per heavy atom. The first-order valence-corrected chi connectivity index (χ1v) is 8.75. The molecule has 0 radical (unpaired) electrons. The molecule has 0 N–H and O–H groups in total. The summed E-state index contributed by atoms with van der Waals surface area (Å²) in [6, 6.07) is 5.75. The molecule has 5 heteroatoms. The molecule has 2 aliphatic heterocycles. The van der Waals surface area contributed by atoms with Crippen LogP contribution < -0.4 is 4.90 Å². The highest BCUT2D eigenvalue weighted by atomic mass is 32.2. The molecule has 0 bridgehead atoms. The SMILES string of the molecule is CC(=O)N1CCc2cc(C(=O)N3C[C@@H](C)S[C@@H](C)C3)ccc21. The molecule has 0 aromatic heterocycles. The summed E-state index contributed by atoms with van der Waals surface area (Å²) in [5.41, 5.74) is 2.81. The Balaban J connectivity index is 1.81. The second-order valence-electron chi connectivity index (χ2n) is 6.23. The predicted molar refractivity (Wildman–Crippen MR) is 90.6 cm³/mol. The normalized spacial score (nSPS) is 24.3. The number of carbonyl (C=O) groups excluding carboxylic acids is 2. The molecule has 2 atom stereocenters. The van der Waals surface area contributed by atoms with E-state index in [4.69, 9.17) is 0 Å². The van der Waals surface area contributed by atoms with E-state index in [9.17, 15) is 9.59 Å². The number of hydrogen-bond acceptors (Lipinski definition) is 3. The first-order valence-electron chi connectivity index (χ1n) is 7.81. The second kappa shape index (κ2) is 5.95. The molecular weight excluding hydrogens is 296 g/mol. The molecule has 1 fully saturated rings. The molecule has 2 aliphatic rings. The van der Waals surface area contributed by atoms with Crippen molar-refractivity contribution in [2.75, 3.05) is 24.5 Å². The summed E-state index contributed by atoms with van der Waals surface area (Å²) in [7, 11) is 0. The maximum Gasteiger partial charge on any atom is 0.253 e. The zero-order chi connectivity index (χ0) is 15.9. The van der Waals surface area contributed by atoms with Crippen LogP contribution in [0.1, 0.15) is 36.7 Å². The van der Waals surface area contributed by atoms with Crippen LogP contribution in [0.2, 0.25) is 0 Å². The Hall–Kier alpha value is -1.49. The Kier molecular flexibility index (Phi) is 4.17.